The second kappa shape index (κ2) is 5.01. The number of alkyl halides is 3. The van der Waals surface area contributed by atoms with Crippen molar-refractivity contribution in [3.63, 3.8) is 0 Å². The van der Waals surface area contributed by atoms with Gasteiger partial charge in [-0.15, -0.1) is 0 Å². The molecule has 0 atom stereocenters. The van der Waals surface area contributed by atoms with E-state index in [2.05, 4.69) is 0 Å². The minimum atomic E-state index is -4.58. The van der Waals surface area contributed by atoms with Crippen LogP contribution in [-0.4, -0.2) is 5.11 Å². The number of halogens is 4. The normalized spacial score (nSPS) is 11.6. The van der Waals surface area contributed by atoms with Crippen molar-refractivity contribution in [3.05, 3.63) is 59.4 Å². The summed E-state index contributed by atoms with van der Waals surface area (Å²) >= 11 is 0. The van der Waals surface area contributed by atoms with Crippen molar-refractivity contribution >= 4 is 0 Å². The van der Waals surface area contributed by atoms with Crippen molar-refractivity contribution in [1.82, 2.24) is 0 Å². The van der Waals surface area contributed by atoms with Crippen LogP contribution < -0.4 is 0 Å². The molecule has 0 bridgehead atoms. The minimum Gasteiger partial charge on any atom is -0.392 e. The van der Waals surface area contributed by atoms with Crippen molar-refractivity contribution in [3.8, 4) is 11.1 Å². The molecule has 0 saturated heterocycles. The van der Waals surface area contributed by atoms with E-state index in [1.165, 1.54) is 24.3 Å². The lowest BCUT2D eigenvalue weighted by molar-refractivity contribution is -0.138. The zero-order chi connectivity index (χ0) is 14.0. The maximum atomic E-state index is 13.6. The minimum absolute atomic E-state index is 0.0949. The van der Waals surface area contributed by atoms with Crippen molar-refractivity contribution in [2.45, 2.75) is 12.8 Å². The monoisotopic (exact) mass is 270 g/mol. The summed E-state index contributed by atoms with van der Waals surface area (Å²) < 4.78 is 52.0. The first-order chi connectivity index (χ1) is 8.93. The second-order valence-electron chi connectivity index (χ2n) is 4.01. The van der Waals surface area contributed by atoms with Crippen LogP contribution in [0.4, 0.5) is 17.6 Å². The molecule has 0 amide bonds. The average molecular weight is 270 g/mol. The van der Waals surface area contributed by atoms with Crippen LogP contribution >= 0.6 is 0 Å². The highest BCUT2D eigenvalue weighted by Crippen LogP contribution is 2.35. The van der Waals surface area contributed by atoms with Gasteiger partial charge in [-0.2, -0.15) is 13.2 Å². The maximum absolute atomic E-state index is 13.6. The molecule has 2 rings (SSSR count). The summed E-state index contributed by atoms with van der Waals surface area (Å²) in [6.45, 7) is -0.716. The van der Waals surface area contributed by atoms with Gasteiger partial charge in [0.05, 0.1) is 12.2 Å². The van der Waals surface area contributed by atoms with E-state index in [1.807, 2.05) is 0 Å². The molecule has 2 aromatic carbocycles. The molecule has 0 heterocycles. The fraction of sp³-hybridized carbons (Fsp3) is 0.143. The first kappa shape index (κ1) is 13.5. The van der Waals surface area contributed by atoms with E-state index in [9.17, 15) is 17.6 Å². The van der Waals surface area contributed by atoms with Crippen LogP contribution in [-0.2, 0) is 12.8 Å². The number of aliphatic hydroxyl groups excluding tert-OH is 1. The molecule has 0 saturated carbocycles. The standard InChI is InChI=1S/C14H10F4O/c15-13-4-2-1-3-11(13)9-5-6-10(8-19)12(7-9)14(16,17)18/h1-7,19H,8H2. The Hall–Kier alpha value is -1.88. The van der Waals surface area contributed by atoms with Crippen LogP contribution in [0.15, 0.2) is 42.5 Å². The molecule has 1 N–H and O–H groups in total. The summed E-state index contributed by atoms with van der Waals surface area (Å²) in [6.07, 6.45) is -4.58. The van der Waals surface area contributed by atoms with Crippen molar-refractivity contribution in [2.24, 2.45) is 0 Å². The summed E-state index contributed by atoms with van der Waals surface area (Å²) in [5.41, 5.74) is -0.955. The van der Waals surface area contributed by atoms with E-state index in [-0.39, 0.29) is 16.7 Å². The quantitative estimate of drug-likeness (QED) is 0.818. The number of hydrogen-bond donors (Lipinski definition) is 1. The molecule has 0 aliphatic heterocycles. The van der Waals surface area contributed by atoms with Gasteiger partial charge in [-0.05, 0) is 23.3 Å². The van der Waals surface area contributed by atoms with Crippen molar-refractivity contribution < 1.29 is 22.7 Å². The second-order valence-corrected chi connectivity index (χ2v) is 4.01. The molecule has 0 aliphatic rings. The maximum Gasteiger partial charge on any atom is 0.416 e. The molecule has 0 fully saturated rings. The Kier molecular flexibility index (Phi) is 3.57. The molecule has 0 radical (unpaired) electrons. The number of aliphatic hydroxyl groups is 1. The summed E-state index contributed by atoms with van der Waals surface area (Å²) in [5.74, 6) is -0.590. The van der Waals surface area contributed by atoms with Crippen LogP contribution in [0.5, 0.6) is 0 Å². The van der Waals surface area contributed by atoms with Crippen LogP contribution in [0.1, 0.15) is 11.1 Å². The van der Waals surface area contributed by atoms with E-state index in [0.29, 0.717) is 0 Å². The number of hydrogen-bond acceptors (Lipinski definition) is 1. The smallest absolute Gasteiger partial charge is 0.392 e. The van der Waals surface area contributed by atoms with Gasteiger partial charge in [0.15, 0.2) is 0 Å². The van der Waals surface area contributed by atoms with Gasteiger partial charge in [0.2, 0.25) is 0 Å². The van der Waals surface area contributed by atoms with Crippen molar-refractivity contribution in [2.75, 3.05) is 0 Å². The third-order valence-electron chi connectivity index (χ3n) is 2.77. The number of rotatable bonds is 2. The lowest BCUT2D eigenvalue weighted by atomic mass is 9.98. The highest BCUT2D eigenvalue weighted by Gasteiger charge is 2.33. The lowest BCUT2D eigenvalue weighted by Gasteiger charge is -2.13. The van der Waals surface area contributed by atoms with E-state index in [4.69, 9.17) is 5.11 Å². The summed E-state index contributed by atoms with van der Waals surface area (Å²) in [4.78, 5) is 0. The Labute approximate surface area is 107 Å². The van der Waals surface area contributed by atoms with Gasteiger partial charge < -0.3 is 5.11 Å². The molecule has 1 nitrogen and oxygen atoms in total. The molecule has 100 valence electrons. The van der Waals surface area contributed by atoms with Crippen LogP contribution in [0.3, 0.4) is 0 Å². The SMILES string of the molecule is OCc1ccc(-c2ccccc2F)cc1C(F)(F)F. The zero-order valence-electron chi connectivity index (χ0n) is 9.71. The fourth-order valence-corrected chi connectivity index (χ4v) is 1.84. The zero-order valence-corrected chi connectivity index (χ0v) is 9.71. The largest absolute Gasteiger partial charge is 0.416 e. The Morgan fingerprint density at radius 2 is 1.68 bits per heavy atom. The van der Waals surface area contributed by atoms with Gasteiger partial charge in [-0.25, -0.2) is 4.39 Å². The molecule has 0 aromatic heterocycles. The van der Waals surface area contributed by atoms with Gasteiger partial charge in [0.25, 0.3) is 0 Å². The number of benzene rings is 2. The Morgan fingerprint density at radius 1 is 1.00 bits per heavy atom. The van der Waals surface area contributed by atoms with E-state index in [1.54, 1.807) is 6.07 Å². The third kappa shape index (κ3) is 2.76. The first-order valence-corrected chi connectivity index (χ1v) is 5.49. The molecule has 0 unspecified atom stereocenters. The van der Waals surface area contributed by atoms with E-state index >= 15 is 0 Å². The van der Waals surface area contributed by atoms with E-state index in [0.717, 1.165) is 12.1 Å². The lowest BCUT2D eigenvalue weighted by Crippen LogP contribution is -2.09. The highest BCUT2D eigenvalue weighted by atomic mass is 19.4. The van der Waals surface area contributed by atoms with Crippen molar-refractivity contribution in [1.29, 1.82) is 0 Å². The fourth-order valence-electron chi connectivity index (χ4n) is 1.84. The predicted octanol–water partition coefficient (Wildman–Crippen LogP) is 4.00. The van der Waals surface area contributed by atoms with Gasteiger partial charge in [-0.3, -0.25) is 0 Å². The van der Waals surface area contributed by atoms with Crippen LogP contribution in [0, 0.1) is 5.82 Å². The summed E-state index contributed by atoms with van der Waals surface area (Å²) in [7, 11) is 0. The molecule has 0 aliphatic carbocycles. The van der Waals surface area contributed by atoms with Gasteiger partial charge >= 0.3 is 6.18 Å². The molecule has 2 aromatic rings. The molecular weight excluding hydrogens is 260 g/mol. The van der Waals surface area contributed by atoms with E-state index < -0.39 is 24.2 Å². The summed E-state index contributed by atoms with van der Waals surface area (Å²) in [5, 5.41) is 8.92. The third-order valence-corrected chi connectivity index (χ3v) is 2.77. The Morgan fingerprint density at radius 3 is 2.26 bits per heavy atom. The average Bonchev–Trinajstić information content (AvgIpc) is 2.37. The molecular formula is C14H10F4O. The van der Waals surface area contributed by atoms with Crippen LogP contribution in [0.25, 0.3) is 11.1 Å². The van der Waals surface area contributed by atoms with Gasteiger partial charge in [-0.1, -0.05) is 30.3 Å². The highest BCUT2D eigenvalue weighted by molar-refractivity contribution is 5.65. The van der Waals surface area contributed by atoms with Crippen LogP contribution in [0.2, 0.25) is 0 Å². The Balaban J connectivity index is 2.59. The Bertz CT molecular complexity index is 590. The first-order valence-electron chi connectivity index (χ1n) is 5.49. The molecule has 0 spiro atoms. The topological polar surface area (TPSA) is 20.2 Å². The summed E-state index contributed by atoms with van der Waals surface area (Å²) in [6, 6.07) is 8.97. The van der Waals surface area contributed by atoms with Gasteiger partial charge in [0.1, 0.15) is 5.82 Å². The molecule has 19 heavy (non-hydrogen) atoms. The predicted molar refractivity (Wildman–Crippen MR) is 62.8 cm³/mol. The molecule has 5 heteroatoms. The van der Waals surface area contributed by atoms with Gasteiger partial charge in [0, 0.05) is 5.56 Å².